The molecular weight excluding hydrogens is 366 g/mol. The zero-order valence-corrected chi connectivity index (χ0v) is 17.4. The van der Waals surface area contributed by atoms with Crippen LogP contribution in [0.1, 0.15) is 41.9 Å². The summed E-state index contributed by atoms with van der Waals surface area (Å²) >= 11 is 0. The van der Waals surface area contributed by atoms with Crippen LogP contribution in [0.2, 0.25) is 0 Å². The molecule has 1 aromatic carbocycles. The molecule has 1 aromatic heterocycles. The molecule has 3 heterocycles. The number of methoxy groups -OCH3 is 1. The molecule has 1 saturated heterocycles. The van der Waals surface area contributed by atoms with Gasteiger partial charge in [0.2, 0.25) is 5.91 Å². The van der Waals surface area contributed by atoms with Crippen molar-refractivity contribution in [2.45, 2.75) is 38.8 Å². The molecule has 4 rings (SSSR count). The van der Waals surface area contributed by atoms with Gasteiger partial charge in [0.25, 0.3) is 0 Å². The van der Waals surface area contributed by atoms with Crippen molar-refractivity contribution in [3.05, 3.63) is 46.9 Å². The van der Waals surface area contributed by atoms with Gasteiger partial charge in [-0.2, -0.15) is 0 Å². The molecule has 2 aliphatic rings. The van der Waals surface area contributed by atoms with Crippen LogP contribution in [-0.2, 0) is 24.3 Å². The number of aromatic nitrogens is 2. The molecule has 0 bridgehead atoms. The lowest BCUT2D eigenvalue weighted by Crippen LogP contribution is -2.32. The van der Waals surface area contributed by atoms with E-state index < -0.39 is 0 Å². The number of ether oxygens (including phenoxy) is 1. The first kappa shape index (κ1) is 19.6. The van der Waals surface area contributed by atoms with Gasteiger partial charge in [-0.3, -0.25) is 9.69 Å². The molecule has 2 aromatic rings. The number of fused-ring (bicyclic) bond motifs is 1. The predicted molar refractivity (Wildman–Crippen MR) is 112 cm³/mol. The first-order chi connectivity index (χ1) is 14.1. The number of hydrogen-bond acceptors (Lipinski definition) is 6. The van der Waals surface area contributed by atoms with E-state index >= 15 is 0 Å². The number of rotatable bonds is 5. The van der Waals surface area contributed by atoms with Gasteiger partial charge in [-0.25, -0.2) is 9.97 Å². The normalized spacial score (nSPS) is 19.1. The van der Waals surface area contributed by atoms with Gasteiger partial charge in [-0.15, -0.1) is 0 Å². The summed E-state index contributed by atoms with van der Waals surface area (Å²) in [6.45, 7) is 5.81. The molecule has 1 amide bonds. The minimum Gasteiger partial charge on any atom is -0.497 e. The Kier molecular flexibility index (Phi) is 5.67. The molecule has 1 fully saturated rings. The molecule has 0 aliphatic carbocycles. The van der Waals surface area contributed by atoms with Gasteiger partial charge in [0, 0.05) is 64.6 Å². The van der Waals surface area contributed by atoms with Crippen molar-refractivity contribution < 1.29 is 9.53 Å². The molecule has 1 N–H and O–H groups in total. The SMILES string of the molecule is CNc1nc([C@@H]2CCN(C(C)=O)C2)nc2c1CN(Cc1cccc(OC)c1)CC2. The van der Waals surface area contributed by atoms with Crippen LogP contribution < -0.4 is 10.1 Å². The number of amides is 1. The zero-order valence-electron chi connectivity index (χ0n) is 17.4. The van der Waals surface area contributed by atoms with Crippen LogP contribution in [0.3, 0.4) is 0 Å². The summed E-state index contributed by atoms with van der Waals surface area (Å²) in [5, 5.41) is 3.28. The summed E-state index contributed by atoms with van der Waals surface area (Å²) < 4.78 is 5.35. The maximum atomic E-state index is 11.7. The molecule has 7 nitrogen and oxygen atoms in total. The van der Waals surface area contributed by atoms with Crippen molar-refractivity contribution in [3.8, 4) is 5.75 Å². The van der Waals surface area contributed by atoms with Gasteiger partial charge in [-0.05, 0) is 24.1 Å². The molecule has 0 unspecified atom stereocenters. The highest BCUT2D eigenvalue weighted by atomic mass is 16.5. The van der Waals surface area contributed by atoms with Crippen LogP contribution >= 0.6 is 0 Å². The maximum absolute atomic E-state index is 11.7. The minimum absolute atomic E-state index is 0.132. The molecule has 0 radical (unpaired) electrons. The van der Waals surface area contributed by atoms with Crippen molar-refractivity contribution in [1.82, 2.24) is 19.8 Å². The standard InChI is InChI=1S/C22H29N5O2/c1-15(28)27-10-7-17(13-27)21-24-20-8-9-26(14-19(20)22(23-2)25-21)12-16-5-4-6-18(11-16)29-3/h4-6,11,17H,7-10,12-14H2,1-3H3,(H,23,24,25)/t17-/m1/s1. The average molecular weight is 396 g/mol. The second-order valence-electron chi connectivity index (χ2n) is 7.87. The Balaban J connectivity index is 1.51. The van der Waals surface area contributed by atoms with E-state index in [1.165, 1.54) is 11.1 Å². The van der Waals surface area contributed by atoms with E-state index in [4.69, 9.17) is 14.7 Å². The Labute approximate surface area is 172 Å². The van der Waals surface area contributed by atoms with E-state index in [0.29, 0.717) is 0 Å². The molecule has 29 heavy (non-hydrogen) atoms. The highest BCUT2D eigenvalue weighted by molar-refractivity contribution is 5.73. The van der Waals surface area contributed by atoms with Crippen LogP contribution in [0.25, 0.3) is 0 Å². The average Bonchev–Trinajstić information content (AvgIpc) is 3.24. The fraction of sp³-hybridized carbons (Fsp3) is 0.500. The van der Waals surface area contributed by atoms with Crippen molar-refractivity contribution in [3.63, 3.8) is 0 Å². The molecule has 7 heteroatoms. The highest BCUT2D eigenvalue weighted by Crippen LogP contribution is 2.30. The van der Waals surface area contributed by atoms with E-state index in [9.17, 15) is 4.79 Å². The maximum Gasteiger partial charge on any atom is 0.219 e. The van der Waals surface area contributed by atoms with E-state index in [0.717, 1.165) is 68.7 Å². The van der Waals surface area contributed by atoms with Gasteiger partial charge in [0.15, 0.2) is 0 Å². The van der Waals surface area contributed by atoms with Gasteiger partial charge in [-0.1, -0.05) is 12.1 Å². The molecular formula is C22H29N5O2. The fourth-order valence-corrected chi connectivity index (χ4v) is 4.30. The summed E-state index contributed by atoms with van der Waals surface area (Å²) in [7, 11) is 3.62. The summed E-state index contributed by atoms with van der Waals surface area (Å²) in [5.74, 6) is 3.04. The lowest BCUT2D eigenvalue weighted by molar-refractivity contribution is -0.127. The van der Waals surface area contributed by atoms with E-state index in [-0.39, 0.29) is 11.8 Å². The third-order valence-corrected chi connectivity index (χ3v) is 5.93. The van der Waals surface area contributed by atoms with Gasteiger partial charge < -0.3 is 15.0 Å². The number of likely N-dealkylation sites (tertiary alicyclic amines) is 1. The van der Waals surface area contributed by atoms with Crippen LogP contribution in [0.4, 0.5) is 5.82 Å². The van der Waals surface area contributed by atoms with E-state index in [1.54, 1.807) is 14.0 Å². The van der Waals surface area contributed by atoms with Gasteiger partial charge in [0.05, 0.1) is 12.8 Å². The van der Waals surface area contributed by atoms with Crippen LogP contribution in [0.5, 0.6) is 5.75 Å². The van der Waals surface area contributed by atoms with Crippen molar-refractivity contribution in [2.75, 3.05) is 39.1 Å². The third-order valence-electron chi connectivity index (χ3n) is 5.93. The summed E-state index contributed by atoms with van der Waals surface area (Å²) in [4.78, 5) is 25.8. The number of hydrogen-bond donors (Lipinski definition) is 1. The van der Waals surface area contributed by atoms with Crippen LogP contribution in [0, 0.1) is 0 Å². The Hall–Kier alpha value is -2.67. The third kappa shape index (κ3) is 4.19. The van der Waals surface area contributed by atoms with Crippen LogP contribution in [0.15, 0.2) is 24.3 Å². The van der Waals surface area contributed by atoms with Gasteiger partial charge in [0.1, 0.15) is 17.4 Å². The molecule has 0 saturated carbocycles. The summed E-state index contributed by atoms with van der Waals surface area (Å²) in [6, 6.07) is 8.23. The largest absolute Gasteiger partial charge is 0.497 e. The summed E-state index contributed by atoms with van der Waals surface area (Å²) in [5.41, 5.74) is 3.57. The quantitative estimate of drug-likeness (QED) is 0.838. The number of nitrogens with one attached hydrogen (secondary N) is 1. The lowest BCUT2D eigenvalue weighted by atomic mass is 10.0. The smallest absolute Gasteiger partial charge is 0.219 e. The number of anilines is 1. The topological polar surface area (TPSA) is 70.6 Å². The number of benzene rings is 1. The Morgan fingerprint density at radius 1 is 1.31 bits per heavy atom. The molecule has 0 spiro atoms. The Morgan fingerprint density at radius 3 is 2.90 bits per heavy atom. The first-order valence-corrected chi connectivity index (χ1v) is 10.3. The van der Waals surface area contributed by atoms with Gasteiger partial charge >= 0.3 is 0 Å². The fourth-order valence-electron chi connectivity index (χ4n) is 4.30. The number of carbonyl (C=O) groups is 1. The lowest BCUT2D eigenvalue weighted by Gasteiger charge is -2.30. The van der Waals surface area contributed by atoms with Crippen molar-refractivity contribution in [2.24, 2.45) is 0 Å². The second-order valence-corrected chi connectivity index (χ2v) is 7.87. The predicted octanol–water partition coefficient (Wildman–Crippen LogP) is 2.42. The first-order valence-electron chi connectivity index (χ1n) is 10.3. The zero-order chi connectivity index (χ0) is 20.4. The molecule has 2 aliphatic heterocycles. The monoisotopic (exact) mass is 395 g/mol. The van der Waals surface area contributed by atoms with Crippen molar-refractivity contribution >= 4 is 11.7 Å². The minimum atomic E-state index is 0.132. The van der Waals surface area contributed by atoms with E-state index in [2.05, 4.69) is 22.3 Å². The Bertz CT molecular complexity index is 884. The Morgan fingerprint density at radius 2 is 2.17 bits per heavy atom. The second kappa shape index (κ2) is 8.37. The van der Waals surface area contributed by atoms with Crippen LogP contribution in [-0.4, -0.2) is 59.5 Å². The number of carbonyl (C=O) groups excluding carboxylic acids is 1. The molecule has 1 atom stereocenters. The number of nitrogens with zero attached hydrogens (tertiary/aromatic N) is 4. The highest BCUT2D eigenvalue weighted by Gasteiger charge is 2.30. The van der Waals surface area contributed by atoms with Crippen molar-refractivity contribution in [1.29, 1.82) is 0 Å². The molecule has 154 valence electrons. The van der Waals surface area contributed by atoms with E-state index in [1.807, 2.05) is 24.1 Å². The summed E-state index contributed by atoms with van der Waals surface area (Å²) in [6.07, 6.45) is 1.84.